The van der Waals surface area contributed by atoms with E-state index in [9.17, 15) is 0 Å². The highest BCUT2D eigenvalue weighted by atomic mass is 79.9. The van der Waals surface area contributed by atoms with Crippen LogP contribution >= 0.6 is 27.3 Å². The summed E-state index contributed by atoms with van der Waals surface area (Å²) in [5.41, 5.74) is 1.16. The first-order valence-electron chi connectivity index (χ1n) is 5.18. The van der Waals surface area contributed by atoms with Crippen molar-refractivity contribution in [1.29, 1.82) is 0 Å². The van der Waals surface area contributed by atoms with Crippen LogP contribution in [0.15, 0.2) is 5.38 Å². The molecule has 3 nitrogen and oxygen atoms in total. The highest BCUT2D eigenvalue weighted by Gasteiger charge is 2.14. The maximum Gasteiger partial charge on any atom is 0.107 e. The maximum atomic E-state index is 4.56. The Morgan fingerprint density at radius 3 is 2.73 bits per heavy atom. The largest absolute Gasteiger partial charge is 0.304 e. The molecule has 2 heterocycles. The number of halogens is 1. The zero-order valence-electron chi connectivity index (χ0n) is 8.95. The molecule has 0 bridgehead atoms. The normalized spacial score (nSPS) is 19.6. The number of rotatable bonds is 3. The second kappa shape index (κ2) is 5.39. The van der Waals surface area contributed by atoms with Crippen LogP contribution in [-0.2, 0) is 11.9 Å². The fraction of sp³-hybridized carbons (Fsp3) is 0.700. The van der Waals surface area contributed by atoms with E-state index in [1.807, 2.05) is 0 Å². The van der Waals surface area contributed by atoms with Crippen molar-refractivity contribution in [3.8, 4) is 0 Å². The van der Waals surface area contributed by atoms with E-state index in [1.165, 1.54) is 31.2 Å². The number of thiazole rings is 1. The van der Waals surface area contributed by atoms with Gasteiger partial charge in [0, 0.05) is 36.9 Å². The predicted molar refractivity (Wildman–Crippen MR) is 67.5 cm³/mol. The molecule has 1 fully saturated rings. The lowest BCUT2D eigenvalue weighted by Gasteiger charge is -2.31. The minimum atomic E-state index is 0.867. The van der Waals surface area contributed by atoms with Crippen molar-refractivity contribution >= 4 is 27.3 Å². The highest BCUT2D eigenvalue weighted by Crippen LogP contribution is 2.15. The molecule has 84 valence electrons. The third-order valence-corrected chi connectivity index (χ3v) is 4.15. The van der Waals surface area contributed by atoms with Crippen molar-refractivity contribution in [2.45, 2.75) is 11.9 Å². The topological polar surface area (TPSA) is 19.4 Å². The highest BCUT2D eigenvalue weighted by molar-refractivity contribution is 9.08. The number of piperazine rings is 1. The summed E-state index contributed by atoms with van der Waals surface area (Å²) < 4.78 is 0. The summed E-state index contributed by atoms with van der Waals surface area (Å²) in [6, 6.07) is 0. The lowest BCUT2D eigenvalue weighted by molar-refractivity contribution is 0.148. The van der Waals surface area contributed by atoms with Crippen LogP contribution in [0.5, 0.6) is 0 Å². The second-order valence-corrected chi connectivity index (χ2v) is 5.45. The molecule has 0 amide bonds. The van der Waals surface area contributed by atoms with Gasteiger partial charge >= 0.3 is 0 Å². The molecule has 0 aromatic carbocycles. The molecule has 1 aromatic rings. The number of likely N-dealkylation sites (N-methyl/N-ethyl adjacent to an activating group) is 1. The van der Waals surface area contributed by atoms with E-state index >= 15 is 0 Å². The SMILES string of the molecule is CN1CCN(Cc2nc(CBr)cs2)CC1. The van der Waals surface area contributed by atoms with E-state index in [-0.39, 0.29) is 0 Å². The van der Waals surface area contributed by atoms with E-state index in [1.54, 1.807) is 11.3 Å². The molecule has 0 radical (unpaired) electrons. The fourth-order valence-corrected chi connectivity index (χ4v) is 3.02. The average molecular weight is 290 g/mol. The van der Waals surface area contributed by atoms with Gasteiger partial charge in [0.25, 0.3) is 0 Å². The summed E-state index contributed by atoms with van der Waals surface area (Å²) in [5, 5.41) is 4.25. The van der Waals surface area contributed by atoms with Crippen LogP contribution in [0.25, 0.3) is 0 Å². The molecule has 1 aliphatic rings. The number of alkyl halides is 1. The van der Waals surface area contributed by atoms with Gasteiger partial charge in [-0.25, -0.2) is 4.98 Å². The van der Waals surface area contributed by atoms with Crippen LogP contribution in [0.2, 0.25) is 0 Å². The number of hydrogen-bond donors (Lipinski definition) is 0. The molecule has 0 aliphatic carbocycles. The van der Waals surface area contributed by atoms with Crippen LogP contribution in [0, 0.1) is 0 Å². The molecule has 1 aliphatic heterocycles. The van der Waals surface area contributed by atoms with Gasteiger partial charge in [0.2, 0.25) is 0 Å². The Morgan fingerprint density at radius 1 is 1.40 bits per heavy atom. The monoisotopic (exact) mass is 289 g/mol. The second-order valence-electron chi connectivity index (χ2n) is 3.95. The van der Waals surface area contributed by atoms with Gasteiger partial charge in [-0.05, 0) is 7.05 Å². The van der Waals surface area contributed by atoms with Crippen LogP contribution in [0.3, 0.4) is 0 Å². The van der Waals surface area contributed by atoms with Crippen LogP contribution < -0.4 is 0 Å². The molecular formula is C10H16BrN3S. The molecule has 0 atom stereocenters. The Labute approximate surface area is 103 Å². The first kappa shape index (κ1) is 11.5. The Balaban J connectivity index is 1.86. The number of nitrogens with zero attached hydrogens (tertiary/aromatic N) is 3. The van der Waals surface area contributed by atoms with Crippen LogP contribution in [-0.4, -0.2) is 48.0 Å². The standard InChI is InChI=1S/C10H16BrN3S/c1-13-2-4-14(5-3-13)7-10-12-9(6-11)8-15-10/h8H,2-7H2,1H3. The molecular weight excluding hydrogens is 274 g/mol. The number of aromatic nitrogens is 1. The zero-order valence-corrected chi connectivity index (χ0v) is 11.4. The van der Waals surface area contributed by atoms with Gasteiger partial charge in [0.15, 0.2) is 0 Å². The third kappa shape index (κ3) is 3.24. The van der Waals surface area contributed by atoms with Crippen molar-refractivity contribution in [2.75, 3.05) is 33.2 Å². The van der Waals surface area contributed by atoms with Crippen molar-refractivity contribution in [3.05, 3.63) is 16.1 Å². The van der Waals surface area contributed by atoms with Crippen molar-refractivity contribution in [3.63, 3.8) is 0 Å². The summed E-state index contributed by atoms with van der Waals surface area (Å²) in [7, 11) is 2.18. The Bertz CT molecular complexity index is 307. The summed E-state index contributed by atoms with van der Waals surface area (Å²) in [4.78, 5) is 9.42. The molecule has 1 aromatic heterocycles. The van der Waals surface area contributed by atoms with Crippen LogP contribution in [0.1, 0.15) is 10.7 Å². The summed E-state index contributed by atoms with van der Waals surface area (Å²) >= 11 is 5.20. The van der Waals surface area contributed by atoms with E-state index in [4.69, 9.17) is 0 Å². The molecule has 0 unspecified atom stereocenters. The van der Waals surface area contributed by atoms with Crippen molar-refractivity contribution < 1.29 is 0 Å². The van der Waals surface area contributed by atoms with E-state index < -0.39 is 0 Å². The molecule has 2 rings (SSSR count). The van der Waals surface area contributed by atoms with Gasteiger partial charge in [-0.15, -0.1) is 11.3 Å². The Kier molecular flexibility index (Phi) is 4.13. The van der Waals surface area contributed by atoms with Gasteiger partial charge in [-0.1, -0.05) is 15.9 Å². The molecule has 0 saturated carbocycles. The smallest absolute Gasteiger partial charge is 0.107 e. The fourth-order valence-electron chi connectivity index (χ4n) is 1.68. The van der Waals surface area contributed by atoms with Crippen molar-refractivity contribution in [2.24, 2.45) is 0 Å². The first-order valence-corrected chi connectivity index (χ1v) is 7.18. The van der Waals surface area contributed by atoms with Gasteiger partial charge in [-0.3, -0.25) is 4.90 Å². The average Bonchev–Trinajstić information content (AvgIpc) is 2.69. The van der Waals surface area contributed by atoms with Gasteiger partial charge < -0.3 is 4.90 Å². The van der Waals surface area contributed by atoms with Gasteiger partial charge in [0.05, 0.1) is 12.2 Å². The maximum absolute atomic E-state index is 4.56. The third-order valence-electron chi connectivity index (χ3n) is 2.69. The minimum Gasteiger partial charge on any atom is -0.304 e. The summed E-state index contributed by atoms with van der Waals surface area (Å²) in [6.07, 6.45) is 0. The lowest BCUT2D eigenvalue weighted by Crippen LogP contribution is -2.43. The molecule has 15 heavy (non-hydrogen) atoms. The molecule has 5 heteroatoms. The predicted octanol–water partition coefficient (Wildman–Crippen LogP) is 1.79. The molecule has 1 saturated heterocycles. The zero-order chi connectivity index (χ0) is 10.7. The van der Waals surface area contributed by atoms with Crippen molar-refractivity contribution in [1.82, 2.24) is 14.8 Å². The van der Waals surface area contributed by atoms with E-state index in [0.29, 0.717) is 0 Å². The van der Waals surface area contributed by atoms with Gasteiger partial charge in [0.1, 0.15) is 5.01 Å². The molecule has 0 spiro atoms. The Hall–Kier alpha value is 0.0300. The van der Waals surface area contributed by atoms with E-state index in [0.717, 1.165) is 17.6 Å². The Morgan fingerprint density at radius 2 is 2.13 bits per heavy atom. The first-order chi connectivity index (χ1) is 7.28. The summed E-state index contributed by atoms with van der Waals surface area (Å²) in [6.45, 7) is 5.71. The number of hydrogen-bond acceptors (Lipinski definition) is 4. The molecule has 0 N–H and O–H groups in total. The van der Waals surface area contributed by atoms with Crippen LogP contribution in [0.4, 0.5) is 0 Å². The summed E-state index contributed by atoms with van der Waals surface area (Å²) in [5.74, 6) is 0. The van der Waals surface area contributed by atoms with E-state index in [2.05, 4.69) is 43.1 Å². The quantitative estimate of drug-likeness (QED) is 0.791. The lowest BCUT2D eigenvalue weighted by atomic mass is 10.3. The minimum absolute atomic E-state index is 0.867. The van der Waals surface area contributed by atoms with Gasteiger partial charge in [-0.2, -0.15) is 0 Å².